The summed E-state index contributed by atoms with van der Waals surface area (Å²) in [6.45, 7) is 1.39. The molecular formula is C17H14Cl2FN3O2. The monoisotopic (exact) mass is 381 g/mol. The molecule has 2 N–H and O–H groups in total. The predicted molar refractivity (Wildman–Crippen MR) is 95.5 cm³/mol. The van der Waals surface area contributed by atoms with E-state index in [1.54, 1.807) is 25.1 Å². The number of hydrogen-bond donors (Lipinski definition) is 2. The average molecular weight is 382 g/mol. The number of hydrogen-bond acceptors (Lipinski definition) is 3. The number of carbonyl (C=O) groups is 2. The largest absolute Gasteiger partial charge is 0.343 e. The van der Waals surface area contributed by atoms with Gasteiger partial charge in [0.1, 0.15) is 5.82 Å². The molecule has 0 aromatic heterocycles. The van der Waals surface area contributed by atoms with Crippen molar-refractivity contribution in [1.29, 1.82) is 0 Å². The summed E-state index contributed by atoms with van der Waals surface area (Å²) in [7, 11) is 0. The average Bonchev–Trinajstić information content (AvgIpc) is 2.59. The second kappa shape index (κ2) is 8.60. The lowest BCUT2D eigenvalue weighted by Gasteiger charge is -2.06. The summed E-state index contributed by atoms with van der Waals surface area (Å²) in [5.41, 5.74) is 3.66. The molecule has 0 radical (unpaired) electrons. The van der Waals surface area contributed by atoms with E-state index in [9.17, 15) is 14.0 Å². The molecule has 0 bridgehead atoms. The van der Waals surface area contributed by atoms with Crippen molar-refractivity contribution in [3.8, 4) is 0 Å². The fourth-order valence-electron chi connectivity index (χ4n) is 1.86. The van der Waals surface area contributed by atoms with Crippen LogP contribution in [0.4, 0.5) is 4.39 Å². The third-order valence-corrected chi connectivity index (χ3v) is 3.92. The summed E-state index contributed by atoms with van der Waals surface area (Å²) < 4.78 is 13.1. The summed E-state index contributed by atoms with van der Waals surface area (Å²) in [6.07, 6.45) is 0. The Bertz CT molecular complexity index is 840. The molecule has 0 atom stereocenters. The number of nitrogens with zero attached hydrogens (tertiary/aromatic N) is 1. The van der Waals surface area contributed by atoms with Gasteiger partial charge in [-0.2, -0.15) is 5.10 Å². The van der Waals surface area contributed by atoms with Crippen molar-refractivity contribution in [2.24, 2.45) is 5.10 Å². The van der Waals surface area contributed by atoms with Crippen molar-refractivity contribution in [2.45, 2.75) is 6.92 Å². The highest BCUT2D eigenvalue weighted by Crippen LogP contribution is 2.22. The minimum absolute atomic E-state index is 0.128. The molecule has 0 saturated carbocycles. The number of amides is 2. The highest BCUT2D eigenvalue weighted by Gasteiger charge is 2.09. The maximum absolute atomic E-state index is 13.1. The molecule has 0 aliphatic heterocycles. The van der Waals surface area contributed by atoms with Crippen molar-refractivity contribution in [2.75, 3.05) is 6.54 Å². The first-order valence-corrected chi connectivity index (χ1v) is 7.94. The Labute approximate surface area is 153 Å². The van der Waals surface area contributed by atoms with Gasteiger partial charge in [0.15, 0.2) is 0 Å². The van der Waals surface area contributed by atoms with Crippen LogP contribution in [0.5, 0.6) is 0 Å². The zero-order chi connectivity index (χ0) is 18.4. The fraction of sp³-hybridized carbons (Fsp3) is 0.118. The molecule has 130 valence electrons. The maximum Gasteiger partial charge on any atom is 0.259 e. The number of nitrogens with one attached hydrogen (secondary N) is 2. The predicted octanol–water partition coefficient (Wildman–Crippen LogP) is 3.40. The molecule has 8 heteroatoms. The van der Waals surface area contributed by atoms with Gasteiger partial charge in [-0.3, -0.25) is 9.59 Å². The first kappa shape index (κ1) is 18.9. The van der Waals surface area contributed by atoms with Crippen LogP contribution in [-0.2, 0) is 4.79 Å². The van der Waals surface area contributed by atoms with Crippen LogP contribution in [0.2, 0.25) is 10.0 Å². The van der Waals surface area contributed by atoms with Gasteiger partial charge in [-0.1, -0.05) is 35.3 Å². The number of rotatable bonds is 5. The Balaban J connectivity index is 1.89. The van der Waals surface area contributed by atoms with Gasteiger partial charge in [0.25, 0.3) is 11.8 Å². The van der Waals surface area contributed by atoms with Crippen molar-refractivity contribution in [3.05, 3.63) is 69.5 Å². The Morgan fingerprint density at radius 3 is 2.52 bits per heavy atom. The molecule has 0 fully saturated rings. The molecule has 2 rings (SSSR count). The minimum atomic E-state index is -0.556. The summed E-state index contributed by atoms with van der Waals surface area (Å²) in [6, 6.07) is 10.1. The quantitative estimate of drug-likeness (QED) is 0.615. The molecule has 0 aliphatic rings. The second-order valence-corrected chi connectivity index (χ2v) is 5.87. The molecule has 0 unspecified atom stereocenters. The van der Waals surface area contributed by atoms with Crippen molar-refractivity contribution in [3.63, 3.8) is 0 Å². The zero-order valence-corrected chi connectivity index (χ0v) is 14.7. The lowest BCUT2D eigenvalue weighted by molar-refractivity contribution is -0.120. The van der Waals surface area contributed by atoms with E-state index in [1.165, 1.54) is 18.2 Å². The Hall–Kier alpha value is -2.44. The van der Waals surface area contributed by atoms with E-state index in [0.29, 0.717) is 21.3 Å². The topological polar surface area (TPSA) is 70.6 Å². The van der Waals surface area contributed by atoms with Crippen LogP contribution in [0.25, 0.3) is 0 Å². The van der Waals surface area contributed by atoms with E-state index >= 15 is 0 Å². The van der Waals surface area contributed by atoms with E-state index in [2.05, 4.69) is 15.8 Å². The van der Waals surface area contributed by atoms with Crippen molar-refractivity contribution < 1.29 is 14.0 Å². The van der Waals surface area contributed by atoms with Gasteiger partial charge in [0, 0.05) is 5.56 Å². The van der Waals surface area contributed by atoms with E-state index < -0.39 is 17.6 Å². The third kappa shape index (κ3) is 5.55. The smallest absolute Gasteiger partial charge is 0.259 e. The Morgan fingerprint density at radius 2 is 1.84 bits per heavy atom. The Morgan fingerprint density at radius 1 is 1.08 bits per heavy atom. The molecule has 2 amide bonds. The summed E-state index contributed by atoms with van der Waals surface area (Å²) in [5.74, 6) is -1.61. The van der Waals surface area contributed by atoms with E-state index in [4.69, 9.17) is 23.2 Å². The van der Waals surface area contributed by atoms with Gasteiger partial charge < -0.3 is 5.32 Å². The van der Waals surface area contributed by atoms with Crippen LogP contribution in [0.15, 0.2) is 47.6 Å². The summed E-state index contributed by atoms with van der Waals surface area (Å²) in [4.78, 5) is 23.6. The van der Waals surface area contributed by atoms with Crippen LogP contribution in [-0.4, -0.2) is 24.1 Å². The molecule has 5 nitrogen and oxygen atoms in total. The number of benzene rings is 2. The molecular weight excluding hydrogens is 368 g/mol. The van der Waals surface area contributed by atoms with Crippen LogP contribution < -0.4 is 10.7 Å². The molecule has 0 heterocycles. The zero-order valence-electron chi connectivity index (χ0n) is 13.1. The van der Waals surface area contributed by atoms with E-state index in [1.807, 2.05) is 0 Å². The van der Waals surface area contributed by atoms with Gasteiger partial charge >= 0.3 is 0 Å². The second-order valence-electron chi connectivity index (χ2n) is 5.05. The van der Waals surface area contributed by atoms with Crippen molar-refractivity contribution in [1.82, 2.24) is 10.7 Å². The maximum atomic E-state index is 13.1. The van der Waals surface area contributed by atoms with Gasteiger partial charge in [-0.05, 0) is 42.8 Å². The standard InChI is InChI=1S/C17H14Cl2FN3O2/c1-10(11-5-6-14(18)15(19)8-11)22-23-16(24)9-21-17(25)12-3-2-4-13(20)7-12/h2-8H,9H2,1H3,(H,21,25)(H,23,24)/b22-10+. The van der Waals surface area contributed by atoms with Gasteiger partial charge in [0.2, 0.25) is 0 Å². The van der Waals surface area contributed by atoms with Crippen LogP contribution in [0, 0.1) is 5.82 Å². The highest BCUT2D eigenvalue weighted by molar-refractivity contribution is 6.42. The minimum Gasteiger partial charge on any atom is -0.343 e. The molecule has 25 heavy (non-hydrogen) atoms. The SMILES string of the molecule is C/C(=N\NC(=O)CNC(=O)c1cccc(F)c1)c1ccc(Cl)c(Cl)c1. The normalized spacial score (nSPS) is 11.1. The lowest BCUT2D eigenvalue weighted by Crippen LogP contribution is -2.35. The highest BCUT2D eigenvalue weighted by atomic mass is 35.5. The first-order chi connectivity index (χ1) is 11.9. The first-order valence-electron chi connectivity index (χ1n) is 7.19. The van der Waals surface area contributed by atoms with E-state index in [0.717, 1.165) is 6.07 Å². The van der Waals surface area contributed by atoms with E-state index in [-0.39, 0.29) is 12.1 Å². The number of halogens is 3. The number of carbonyl (C=O) groups excluding carboxylic acids is 2. The van der Waals surface area contributed by atoms with Crippen LogP contribution in [0.3, 0.4) is 0 Å². The Kier molecular flexibility index (Phi) is 6.50. The third-order valence-electron chi connectivity index (χ3n) is 3.18. The molecule has 0 saturated heterocycles. The fourth-order valence-corrected chi connectivity index (χ4v) is 2.16. The number of hydrazone groups is 1. The van der Waals surface area contributed by atoms with Crippen LogP contribution in [0.1, 0.15) is 22.8 Å². The van der Waals surface area contributed by atoms with Crippen molar-refractivity contribution >= 4 is 40.7 Å². The van der Waals surface area contributed by atoms with Crippen LogP contribution >= 0.6 is 23.2 Å². The van der Waals surface area contributed by atoms with Gasteiger partial charge in [-0.25, -0.2) is 9.82 Å². The molecule has 2 aromatic carbocycles. The molecule has 0 spiro atoms. The summed E-state index contributed by atoms with van der Waals surface area (Å²) in [5, 5.41) is 7.11. The summed E-state index contributed by atoms with van der Waals surface area (Å²) >= 11 is 11.8. The molecule has 2 aromatic rings. The molecule has 0 aliphatic carbocycles. The van der Waals surface area contributed by atoms with Gasteiger partial charge in [0.05, 0.1) is 22.3 Å². The van der Waals surface area contributed by atoms with Gasteiger partial charge in [-0.15, -0.1) is 0 Å². The lowest BCUT2D eigenvalue weighted by atomic mass is 10.1.